The summed E-state index contributed by atoms with van der Waals surface area (Å²) in [5.41, 5.74) is 0. The van der Waals surface area contributed by atoms with Gasteiger partial charge >= 0.3 is 0 Å². The quantitative estimate of drug-likeness (QED) is 0.759. The number of nitrogens with one attached hydrogen (secondary N) is 1. The summed E-state index contributed by atoms with van der Waals surface area (Å²) < 4.78 is 64.0. The number of benzene rings is 1. The fraction of sp³-hybridized carbons (Fsp3) is 0.500. The van der Waals surface area contributed by atoms with Crippen molar-refractivity contribution >= 4 is 20.0 Å². The van der Waals surface area contributed by atoms with Crippen molar-refractivity contribution in [3.05, 3.63) is 30.1 Å². The Morgan fingerprint density at radius 2 is 1.76 bits per heavy atom. The zero-order chi connectivity index (χ0) is 16.1. The number of rotatable bonds is 8. The van der Waals surface area contributed by atoms with Crippen LogP contribution in [-0.4, -0.2) is 46.5 Å². The van der Waals surface area contributed by atoms with Gasteiger partial charge < -0.3 is 0 Å². The lowest BCUT2D eigenvalue weighted by Gasteiger charge is -2.18. The summed E-state index contributed by atoms with van der Waals surface area (Å²) in [7, 11) is -7.42. The van der Waals surface area contributed by atoms with Gasteiger partial charge in [0.05, 0.1) is 10.6 Å². The number of nitrogens with zero attached hydrogens (tertiary/aromatic N) is 1. The Bertz CT molecular complexity index is 670. The van der Waals surface area contributed by atoms with Gasteiger partial charge in [-0.15, -0.1) is 0 Å². The first kappa shape index (κ1) is 18.0. The first-order chi connectivity index (χ1) is 9.73. The van der Waals surface area contributed by atoms with Gasteiger partial charge in [0.25, 0.3) is 0 Å². The molecule has 0 spiro atoms. The molecule has 0 saturated carbocycles. The van der Waals surface area contributed by atoms with Crippen LogP contribution in [0.2, 0.25) is 0 Å². The predicted molar refractivity (Wildman–Crippen MR) is 78.3 cm³/mol. The third kappa shape index (κ3) is 5.03. The van der Waals surface area contributed by atoms with E-state index in [1.165, 1.54) is 16.4 Å². The highest BCUT2D eigenvalue weighted by atomic mass is 32.2. The summed E-state index contributed by atoms with van der Waals surface area (Å²) in [6.45, 7) is 3.80. The van der Waals surface area contributed by atoms with Gasteiger partial charge in [-0.05, 0) is 18.2 Å². The van der Waals surface area contributed by atoms with E-state index < -0.39 is 25.9 Å². The molecule has 120 valence electrons. The lowest BCUT2D eigenvalue weighted by atomic mass is 10.4. The van der Waals surface area contributed by atoms with Crippen LogP contribution in [0.15, 0.2) is 29.2 Å². The van der Waals surface area contributed by atoms with E-state index in [1.54, 1.807) is 13.8 Å². The van der Waals surface area contributed by atoms with Gasteiger partial charge in [0.15, 0.2) is 0 Å². The average Bonchev–Trinajstić information content (AvgIpc) is 2.39. The van der Waals surface area contributed by atoms with Gasteiger partial charge in [-0.1, -0.05) is 19.9 Å². The smallest absolute Gasteiger partial charge is 0.212 e. The molecule has 1 aromatic carbocycles. The SMILES string of the molecule is CCN(CC)S(=O)(=O)CCNS(=O)(=O)c1cccc(F)c1. The van der Waals surface area contributed by atoms with E-state index in [4.69, 9.17) is 0 Å². The zero-order valence-electron chi connectivity index (χ0n) is 11.9. The van der Waals surface area contributed by atoms with Crippen LogP contribution in [0.1, 0.15) is 13.8 Å². The molecule has 0 fully saturated rings. The first-order valence-electron chi connectivity index (χ1n) is 6.46. The minimum atomic E-state index is -3.92. The molecule has 0 aliphatic carbocycles. The highest BCUT2D eigenvalue weighted by molar-refractivity contribution is 7.90. The molecule has 0 amide bonds. The maximum absolute atomic E-state index is 13.0. The van der Waals surface area contributed by atoms with Gasteiger partial charge in [-0.3, -0.25) is 0 Å². The molecule has 1 aromatic rings. The maximum Gasteiger partial charge on any atom is 0.240 e. The highest BCUT2D eigenvalue weighted by Gasteiger charge is 2.20. The molecule has 6 nitrogen and oxygen atoms in total. The number of sulfonamides is 2. The summed E-state index contributed by atoms with van der Waals surface area (Å²) >= 11 is 0. The predicted octanol–water partition coefficient (Wildman–Crippen LogP) is 0.776. The van der Waals surface area contributed by atoms with Crippen LogP contribution < -0.4 is 4.72 Å². The molecule has 21 heavy (non-hydrogen) atoms. The average molecular weight is 338 g/mol. The molecular formula is C12H19FN2O4S2. The second-order valence-corrected chi connectivity index (χ2v) is 8.11. The van der Waals surface area contributed by atoms with Crippen LogP contribution in [-0.2, 0) is 20.0 Å². The van der Waals surface area contributed by atoms with E-state index >= 15 is 0 Å². The fourth-order valence-electron chi connectivity index (χ4n) is 1.77. The normalized spacial score (nSPS) is 12.8. The summed E-state index contributed by atoms with van der Waals surface area (Å²) in [5, 5.41) is 0. The van der Waals surface area contributed by atoms with Gasteiger partial charge in [-0.2, -0.15) is 0 Å². The Morgan fingerprint density at radius 1 is 1.14 bits per heavy atom. The van der Waals surface area contributed by atoms with Crippen molar-refractivity contribution in [1.29, 1.82) is 0 Å². The Hall–Kier alpha value is -1.03. The second-order valence-electron chi connectivity index (χ2n) is 4.26. The molecule has 0 aliphatic rings. The molecule has 0 aromatic heterocycles. The van der Waals surface area contributed by atoms with Crippen LogP contribution in [0.5, 0.6) is 0 Å². The molecule has 0 heterocycles. The molecule has 1 rings (SSSR count). The van der Waals surface area contributed by atoms with Gasteiger partial charge in [0.2, 0.25) is 20.0 Å². The molecule has 0 radical (unpaired) electrons. The Labute approximate surface area is 125 Å². The molecule has 9 heteroatoms. The third-order valence-corrected chi connectivity index (χ3v) is 6.34. The van der Waals surface area contributed by atoms with Crippen LogP contribution in [0.4, 0.5) is 4.39 Å². The molecule has 0 atom stereocenters. The Morgan fingerprint density at radius 3 is 2.29 bits per heavy atom. The van der Waals surface area contributed by atoms with Crippen molar-refractivity contribution in [3.8, 4) is 0 Å². The van der Waals surface area contributed by atoms with E-state index in [0.29, 0.717) is 13.1 Å². The van der Waals surface area contributed by atoms with Crippen LogP contribution in [0, 0.1) is 5.82 Å². The fourth-order valence-corrected chi connectivity index (χ4v) is 4.37. The maximum atomic E-state index is 13.0. The van der Waals surface area contributed by atoms with Crippen molar-refractivity contribution in [3.63, 3.8) is 0 Å². The standard InChI is InChI=1S/C12H19FN2O4S2/c1-3-15(4-2)20(16,17)9-8-14-21(18,19)12-7-5-6-11(13)10-12/h5-7,10,14H,3-4,8-9H2,1-2H3. The summed E-state index contributed by atoms with van der Waals surface area (Å²) in [6, 6.07) is 4.52. The summed E-state index contributed by atoms with van der Waals surface area (Å²) in [6.07, 6.45) is 0. The lowest BCUT2D eigenvalue weighted by molar-refractivity contribution is 0.445. The largest absolute Gasteiger partial charge is 0.240 e. The van der Waals surface area contributed by atoms with Gasteiger partial charge in [-0.25, -0.2) is 30.3 Å². The zero-order valence-corrected chi connectivity index (χ0v) is 13.5. The Balaban J connectivity index is 2.71. The monoisotopic (exact) mass is 338 g/mol. The third-order valence-electron chi connectivity index (χ3n) is 2.86. The second kappa shape index (κ2) is 7.30. The van der Waals surface area contributed by atoms with E-state index in [-0.39, 0.29) is 17.2 Å². The van der Waals surface area contributed by atoms with Gasteiger partial charge in [0.1, 0.15) is 5.82 Å². The summed E-state index contributed by atoms with van der Waals surface area (Å²) in [5.74, 6) is -1.02. The number of hydrogen-bond donors (Lipinski definition) is 1. The van der Waals surface area contributed by atoms with Crippen LogP contribution in [0.25, 0.3) is 0 Å². The lowest BCUT2D eigenvalue weighted by Crippen LogP contribution is -2.37. The molecule has 0 saturated heterocycles. The summed E-state index contributed by atoms with van der Waals surface area (Å²) in [4.78, 5) is -0.234. The van der Waals surface area contributed by atoms with E-state index in [0.717, 1.165) is 12.1 Å². The highest BCUT2D eigenvalue weighted by Crippen LogP contribution is 2.10. The molecular weight excluding hydrogens is 319 g/mol. The minimum absolute atomic E-state index is 0.234. The minimum Gasteiger partial charge on any atom is -0.212 e. The van der Waals surface area contributed by atoms with Crippen molar-refractivity contribution in [2.45, 2.75) is 18.7 Å². The van der Waals surface area contributed by atoms with Crippen LogP contribution >= 0.6 is 0 Å². The van der Waals surface area contributed by atoms with Crippen molar-refractivity contribution in [2.24, 2.45) is 0 Å². The first-order valence-corrected chi connectivity index (χ1v) is 9.55. The Kier molecular flexibility index (Phi) is 6.26. The number of halogens is 1. The molecule has 1 N–H and O–H groups in total. The van der Waals surface area contributed by atoms with Crippen LogP contribution in [0.3, 0.4) is 0 Å². The van der Waals surface area contributed by atoms with E-state index in [2.05, 4.69) is 4.72 Å². The van der Waals surface area contributed by atoms with Crippen molar-refractivity contribution in [1.82, 2.24) is 9.03 Å². The number of hydrogen-bond acceptors (Lipinski definition) is 4. The van der Waals surface area contributed by atoms with E-state index in [1.807, 2.05) is 0 Å². The van der Waals surface area contributed by atoms with Crippen molar-refractivity contribution < 1.29 is 21.2 Å². The topological polar surface area (TPSA) is 83.6 Å². The van der Waals surface area contributed by atoms with Gasteiger partial charge in [0, 0.05) is 19.6 Å². The molecule has 0 aliphatic heterocycles. The van der Waals surface area contributed by atoms with Crippen molar-refractivity contribution in [2.75, 3.05) is 25.4 Å². The molecule has 0 bridgehead atoms. The van der Waals surface area contributed by atoms with E-state index in [9.17, 15) is 21.2 Å². The molecule has 0 unspecified atom stereocenters.